The molecular weight excluding hydrogens is 226 g/mol. The van der Waals surface area contributed by atoms with Crippen LogP contribution in [0.3, 0.4) is 0 Å². The van der Waals surface area contributed by atoms with E-state index < -0.39 is 0 Å². The van der Waals surface area contributed by atoms with Crippen LogP contribution in [0.2, 0.25) is 0 Å². The van der Waals surface area contributed by atoms with Crippen molar-refractivity contribution in [2.45, 2.75) is 25.3 Å². The second-order valence-corrected chi connectivity index (χ2v) is 5.07. The summed E-state index contributed by atoms with van der Waals surface area (Å²) in [5.74, 6) is 1.53. The smallest absolute Gasteiger partial charge is 0.161 e. The van der Waals surface area contributed by atoms with E-state index in [0.717, 1.165) is 23.7 Å². The number of likely N-dealkylation sites (N-methyl/N-ethyl adjacent to an activating group) is 1. The topological polar surface area (TPSA) is 59.5 Å². The molecule has 5 nitrogen and oxygen atoms in total. The number of nitrogens with two attached hydrogens (primary N) is 1. The van der Waals surface area contributed by atoms with E-state index in [0.29, 0.717) is 12.5 Å². The van der Waals surface area contributed by atoms with Crippen LogP contribution in [0.25, 0.3) is 5.65 Å². The standard InChI is InChI=1S/C13H19N5/c1-17-7-3-4-10(9-17)13-16-15-12-6-2-5-11(8-14)18(12)13/h2,5-6,10H,3-4,7-9,14H2,1H3. The Kier molecular flexibility index (Phi) is 3.01. The minimum atomic E-state index is 0.464. The minimum absolute atomic E-state index is 0.464. The lowest BCUT2D eigenvalue weighted by atomic mass is 9.97. The lowest BCUT2D eigenvalue weighted by Crippen LogP contribution is -2.32. The summed E-state index contributed by atoms with van der Waals surface area (Å²) in [5, 5.41) is 8.66. The van der Waals surface area contributed by atoms with Gasteiger partial charge in [-0.25, -0.2) is 0 Å². The minimum Gasteiger partial charge on any atom is -0.325 e. The Hall–Kier alpha value is -1.46. The molecule has 0 amide bonds. The molecule has 3 rings (SSSR count). The summed E-state index contributed by atoms with van der Waals surface area (Å²) in [4.78, 5) is 2.36. The van der Waals surface area contributed by atoms with E-state index in [2.05, 4.69) is 26.5 Å². The summed E-state index contributed by atoms with van der Waals surface area (Å²) in [6, 6.07) is 6.03. The van der Waals surface area contributed by atoms with E-state index >= 15 is 0 Å². The van der Waals surface area contributed by atoms with Gasteiger partial charge in [0.15, 0.2) is 5.65 Å². The van der Waals surface area contributed by atoms with E-state index in [1.807, 2.05) is 18.2 Å². The Labute approximate surface area is 107 Å². The van der Waals surface area contributed by atoms with Gasteiger partial charge in [-0.3, -0.25) is 4.40 Å². The number of aromatic nitrogens is 3. The summed E-state index contributed by atoms with van der Waals surface area (Å²) < 4.78 is 2.13. The molecule has 0 radical (unpaired) electrons. The molecule has 1 atom stereocenters. The van der Waals surface area contributed by atoms with Crippen LogP contribution in [0, 0.1) is 0 Å². The molecule has 1 aliphatic rings. The Morgan fingerprint density at radius 2 is 2.28 bits per heavy atom. The van der Waals surface area contributed by atoms with Crippen molar-refractivity contribution in [1.82, 2.24) is 19.5 Å². The highest BCUT2D eigenvalue weighted by atomic mass is 15.3. The molecule has 0 aromatic carbocycles. The zero-order valence-corrected chi connectivity index (χ0v) is 10.7. The van der Waals surface area contributed by atoms with Crippen LogP contribution in [0.5, 0.6) is 0 Å². The quantitative estimate of drug-likeness (QED) is 0.857. The third-order valence-corrected chi connectivity index (χ3v) is 3.73. The van der Waals surface area contributed by atoms with Crippen LogP contribution < -0.4 is 5.73 Å². The predicted molar refractivity (Wildman–Crippen MR) is 70.4 cm³/mol. The molecule has 1 aliphatic heterocycles. The third-order valence-electron chi connectivity index (χ3n) is 3.73. The van der Waals surface area contributed by atoms with Crippen LogP contribution in [0.15, 0.2) is 18.2 Å². The fourth-order valence-electron chi connectivity index (χ4n) is 2.83. The van der Waals surface area contributed by atoms with Gasteiger partial charge in [0, 0.05) is 24.7 Å². The van der Waals surface area contributed by atoms with Gasteiger partial charge in [0.1, 0.15) is 5.82 Å². The van der Waals surface area contributed by atoms with Crippen LogP contribution in [-0.4, -0.2) is 39.6 Å². The number of nitrogens with zero attached hydrogens (tertiary/aromatic N) is 4. The average molecular weight is 245 g/mol. The average Bonchev–Trinajstić information content (AvgIpc) is 2.82. The van der Waals surface area contributed by atoms with Crippen molar-refractivity contribution in [3.63, 3.8) is 0 Å². The Morgan fingerprint density at radius 1 is 1.39 bits per heavy atom. The Balaban J connectivity index is 2.06. The molecule has 1 fully saturated rings. The predicted octanol–water partition coefficient (Wildman–Crippen LogP) is 0.997. The zero-order chi connectivity index (χ0) is 12.5. The summed E-state index contributed by atoms with van der Waals surface area (Å²) >= 11 is 0. The molecule has 1 unspecified atom stereocenters. The molecule has 0 bridgehead atoms. The number of hydrogen-bond acceptors (Lipinski definition) is 4. The molecule has 2 aromatic rings. The van der Waals surface area contributed by atoms with Crippen molar-refractivity contribution < 1.29 is 0 Å². The summed E-state index contributed by atoms with van der Waals surface area (Å²) in [6.45, 7) is 2.75. The van der Waals surface area contributed by atoms with Gasteiger partial charge in [0.05, 0.1) is 0 Å². The van der Waals surface area contributed by atoms with Crippen LogP contribution >= 0.6 is 0 Å². The van der Waals surface area contributed by atoms with Crippen molar-refractivity contribution in [3.8, 4) is 0 Å². The molecule has 3 heterocycles. The highest BCUT2D eigenvalue weighted by Crippen LogP contribution is 2.25. The maximum atomic E-state index is 5.81. The number of hydrogen-bond donors (Lipinski definition) is 1. The van der Waals surface area contributed by atoms with Crippen molar-refractivity contribution in [2.75, 3.05) is 20.1 Å². The summed E-state index contributed by atoms with van der Waals surface area (Å²) in [6.07, 6.45) is 2.41. The number of likely N-dealkylation sites (tertiary alicyclic amines) is 1. The SMILES string of the molecule is CN1CCCC(c2nnc3cccc(CN)n23)C1. The molecule has 2 aromatic heterocycles. The van der Waals surface area contributed by atoms with Gasteiger partial charge in [0.2, 0.25) is 0 Å². The van der Waals surface area contributed by atoms with Gasteiger partial charge in [-0.2, -0.15) is 0 Å². The number of piperidine rings is 1. The molecule has 96 valence electrons. The molecule has 2 N–H and O–H groups in total. The normalized spacial score (nSPS) is 21.6. The second-order valence-electron chi connectivity index (χ2n) is 5.07. The lowest BCUT2D eigenvalue weighted by Gasteiger charge is -2.28. The van der Waals surface area contributed by atoms with Gasteiger partial charge in [0.25, 0.3) is 0 Å². The van der Waals surface area contributed by atoms with E-state index in [4.69, 9.17) is 5.73 Å². The van der Waals surface area contributed by atoms with Gasteiger partial charge in [-0.05, 0) is 38.6 Å². The van der Waals surface area contributed by atoms with Gasteiger partial charge >= 0.3 is 0 Å². The molecule has 1 saturated heterocycles. The largest absolute Gasteiger partial charge is 0.325 e. The monoisotopic (exact) mass is 245 g/mol. The van der Waals surface area contributed by atoms with Crippen molar-refractivity contribution >= 4 is 5.65 Å². The third kappa shape index (κ3) is 1.89. The first kappa shape index (κ1) is 11.6. The van der Waals surface area contributed by atoms with E-state index in [9.17, 15) is 0 Å². The molecule has 18 heavy (non-hydrogen) atoms. The van der Waals surface area contributed by atoms with Crippen LogP contribution in [0.1, 0.15) is 30.3 Å². The first-order chi connectivity index (χ1) is 8.79. The number of pyridine rings is 1. The molecular formula is C13H19N5. The summed E-state index contributed by atoms with van der Waals surface area (Å²) in [7, 11) is 2.17. The first-order valence-electron chi connectivity index (χ1n) is 6.51. The highest BCUT2D eigenvalue weighted by molar-refractivity contribution is 5.40. The molecule has 5 heteroatoms. The van der Waals surface area contributed by atoms with E-state index in [1.54, 1.807) is 0 Å². The summed E-state index contributed by atoms with van der Waals surface area (Å²) in [5.41, 5.74) is 7.80. The van der Waals surface area contributed by atoms with Gasteiger partial charge in [-0.15, -0.1) is 10.2 Å². The molecule has 0 saturated carbocycles. The fraction of sp³-hybridized carbons (Fsp3) is 0.538. The van der Waals surface area contributed by atoms with Crippen molar-refractivity contribution in [2.24, 2.45) is 5.73 Å². The zero-order valence-electron chi connectivity index (χ0n) is 10.7. The van der Waals surface area contributed by atoms with Crippen LogP contribution in [0.4, 0.5) is 0 Å². The fourth-order valence-corrected chi connectivity index (χ4v) is 2.83. The number of fused-ring (bicyclic) bond motifs is 1. The van der Waals surface area contributed by atoms with Crippen molar-refractivity contribution in [3.05, 3.63) is 29.7 Å². The molecule has 0 spiro atoms. The van der Waals surface area contributed by atoms with Gasteiger partial charge < -0.3 is 10.6 Å². The lowest BCUT2D eigenvalue weighted by molar-refractivity contribution is 0.245. The maximum absolute atomic E-state index is 5.81. The van der Waals surface area contributed by atoms with E-state index in [1.165, 1.54) is 19.4 Å². The second kappa shape index (κ2) is 4.66. The van der Waals surface area contributed by atoms with Crippen LogP contribution in [-0.2, 0) is 6.54 Å². The Bertz CT molecular complexity index is 547. The highest BCUT2D eigenvalue weighted by Gasteiger charge is 2.24. The Morgan fingerprint density at radius 3 is 3.06 bits per heavy atom. The number of rotatable bonds is 2. The van der Waals surface area contributed by atoms with Gasteiger partial charge in [-0.1, -0.05) is 6.07 Å². The molecule has 0 aliphatic carbocycles. The van der Waals surface area contributed by atoms with Crippen molar-refractivity contribution in [1.29, 1.82) is 0 Å². The first-order valence-corrected chi connectivity index (χ1v) is 6.51. The maximum Gasteiger partial charge on any atom is 0.161 e. The van der Waals surface area contributed by atoms with E-state index in [-0.39, 0.29) is 0 Å².